The maximum Gasteiger partial charge on any atom is 0.387 e. The molecule has 0 aliphatic carbocycles. The third-order valence-corrected chi connectivity index (χ3v) is 1.99. The fourth-order valence-electron chi connectivity index (χ4n) is 0.886. The molecular weight excluding hydrogens is 256 g/mol. The van der Waals surface area contributed by atoms with Gasteiger partial charge in [-0.2, -0.15) is 8.78 Å². The summed E-state index contributed by atoms with van der Waals surface area (Å²) in [5.41, 5.74) is 0. The zero-order chi connectivity index (χ0) is 11.4. The van der Waals surface area contributed by atoms with Crippen molar-refractivity contribution in [3.05, 3.63) is 22.2 Å². The summed E-state index contributed by atoms with van der Waals surface area (Å²) in [7, 11) is 0. The van der Waals surface area contributed by atoms with Gasteiger partial charge in [-0.1, -0.05) is 23.2 Å². The summed E-state index contributed by atoms with van der Waals surface area (Å²) in [6.45, 7) is -4.19. The van der Waals surface area contributed by atoms with Crippen molar-refractivity contribution in [3.8, 4) is 11.5 Å². The summed E-state index contributed by atoms with van der Waals surface area (Å²) in [5.74, 6) is -0.509. The second kappa shape index (κ2) is 5.32. The first-order chi connectivity index (χ1) is 7.04. The molecule has 0 saturated carbocycles. The van der Waals surface area contributed by atoms with E-state index in [1.54, 1.807) is 0 Å². The molecule has 0 unspecified atom stereocenters. The second-order valence-corrected chi connectivity index (χ2v) is 3.16. The summed E-state index contributed by atoms with van der Waals surface area (Å²) in [5, 5.41) is -0.198. The van der Waals surface area contributed by atoms with E-state index in [0.29, 0.717) is 0 Å². The van der Waals surface area contributed by atoms with Crippen molar-refractivity contribution < 1.29 is 22.6 Å². The minimum absolute atomic E-state index is 0.0542. The molecule has 0 fully saturated rings. The number of benzene rings is 1. The summed E-state index contributed by atoms with van der Waals surface area (Å²) in [6, 6.07) is 2.28. The number of halogens is 5. The molecule has 0 aliphatic heterocycles. The minimum Gasteiger partial charge on any atom is -0.461 e. The lowest BCUT2D eigenvalue weighted by molar-refractivity contribution is -0.0498. The van der Waals surface area contributed by atoms with Crippen LogP contribution in [0.1, 0.15) is 0 Å². The third kappa shape index (κ3) is 3.35. The Bertz CT molecular complexity index is 347. The van der Waals surface area contributed by atoms with E-state index in [1.807, 2.05) is 0 Å². The van der Waals surface area contributed by atoms with Gasteiger partial charge in [0, 0.05) is 17.2 Å². The van der Waals surface area contributed by atoms with E-state index in [-0.39, 0.29) is 21.5 Å². The van der Waals surface area contributed by atoms with Gasteiger partial charge in [0.25, 0.3) is 0 Å². The van der Waals surface area contributed by atoms with Crippen LogP contribution in [-0.2, 0) is 0 Å². The Kier molecular flexibility index (Phi) is 4.35. The van der Waals surface area contributed by atoms with Crippen molar-refractivity contribution in [1.29, 1.82) is 0 Å². The fourth-order valence-corrected chi connectivity index (χ4v) is 1.29. The number of rotatable bonds is 4. The molecular formula is C8H5Cl2F3O2. The molecule has 2 nitrogen and oxygen atoms in total. The normalized spacial score (nSPS) is 10.5. The van der Waals surface area contributed by atoms with E-state index >= 15 is 0 Å². The minimum atomic E-state index is -3.04. The summed E-state index contributed by atoms with van der Waals surface area (Å²) < 4.78 is 44.2. The standard InChI is InChI=1S/C8H5Cl2F3O2/c9-4-1-5(14-3-11)7(10)6(2-4)15-8(12)13/h1-2,8H,3H2. The van der Waals surface area contributed by atoms with Crippen LogP contribution in [-0.4, -0.2) is 13.5 Å². The van der Waals surface area contributed by atoms with E-state index in [1.165, 1.54) is 6.07 Å². The van der Waals surface area contributed by atoms with Crippen molar-refractivity contribution in [2.45, 2.75) is 6.61 Å². The molecule has 1 aromatic rings. The van der Waals surface area contributed by atoms with Gasteiger partial charge in [0.05, 0.1) is 0 Å². The zero-order valence-electron chi connectivity index (χ0n) is 7.15. The van der Waals surface area contributed by atoms with Crippen molar-refractivity contribution in [2.75, 3.05) is 6.86 Å². The predicted octanol–water partition coefficient (Wildman–Crippen LogP) is 3.90. The average Bonchev–Trinajstić information content (AvgIpc) is 2.12. The third-order valence-electron chi connectivity index (χ3n) is 1.40. The Hall–Kier alpha value is -0.810. The highest BCUT2D eigenvalue weighted by atomic mass is 35.5. The Balaban J connectivity index is 3.04. The van der Waals surface area contributed by atoms with Crippen LogP contribution < -0.4 is 9.47 Å². The molecule has 15 heavy (non-hydrogen) atoms. The highest BCUT2D eigenvalue weighted by Crippen LogP contribution is 2.38. The molecule has 0 spiro atoms. The Morgan fingerprint density at radius 1 is 1.20 bits per heavy atom. The largest absolute Gasteiger partial charge is 0.461 e. The lowest BCUT2D eigenvalue weighted by Gasteiger charge is -2.10. The summed E-state index contributed by atoms with van der Waals surface area (Å²) in [6.07, 6.45) is 0. The van der Waals surface area contributed by atoms with Gasteiger partial charge in [-0.05, 0) is 0 Å². The van der Waals surface area contributed by atoms with Crippen LogP contribution in [0.4, 0.5) is 13.2 Å². The monoisotopic (exact) mass is 260 g/mol. The number of hydrogen-bond donors (Lipinski definition) is 0. The van der Waals surface area contributed by atoms with Crippen molar-refractivity contribution in [2.24, 2.45) is 0 Å². The van der Waals surface area contributed by atoms with Crippen molar-refractivity contribution in [1.82, 2.24) is 0 Å². The first-order valence-electron chi connectivity index (χ1n) is 3.67. The van der Waals surface area contributed by atoms with Crippen LogP contribution >= 0.6 is 23.2 Å². The average molecular weight is 261 g/mol. The van der Waals surface area contributed by atoms with Crippen molar-refractivity contribution in [3.63, 3.8) is 0 Å². The van der Waals surface area contributed by atoms with Gasteiger partial charge in [0.1, 0.15) is 16.5 Å². The quantitative estimate of drug-likeness (QED) is 0.818. The number of ether oxygens (including phenoxy) is 2. The molecule has 1 rings (SSSR count). The van der Waals surface area contributed by atoms with Crippen LogP contribution in [0, 0.1) is 0 Å². The molecule has 7 heteroatoms. The highest BCUT2D eigenvalue weighted by Gasteiger charge is 2.14. The van der Waals surface area contributed by atoms with Gasteiger partial charge in [-0.3, -0.25) is 0 Å². The van der Waals surface area contributed by atoms with E-state index in [9.17, 15) is 13.2 Å². The van der Waals surface area contributed by atoms with Crippen LogP contribution in [0.25, 0.3) is 0 Å². The number of alkyl halides is 3. The molecule has 0 atom stereocenters. The smallest absolute Gasteiger partial charge is 0.387 e. The predicted molar refractivity (Wildman–Crippen MR) is 49.7 cm³/mol. The SMILES string of the molecule is FCOc1cc(Cl)cc(OC(F)F)c1Cl. The molecule has 0 amide bonds. The first kappa shape index (κ1) is 12.3. The Morgan fingerprint density at radius 2 is 1.80 bits per heavy atom. The molecule has 0 aliphatic rings. The maximum absolute atomic E-state index is 11.9. The zero-order valence-corrected chi connectivity index (χ0v) is 8.66. The molecule has 0 heterocycles. The van der Waals surface area contributed by atoms with Gasteiger partial charge < -0.3 is 9.47 Å². The van der Waals surface area contributed by atoms with Crippen LogP contribution in [0.3, 0.4) is 0 Å². The lowest BCUT2D eigenvalue weighted by Crippen LogP contribution is -2.03. The fraction of sp³-hybridized carbons (Fsp3) is 0.250. The van der Waals surface area contributed by atoms with Crippen LogP contribution in [0.2, 0.25) is 10.0 Å². The Labute approximate surface area is 93.5 Å². The van der Waals surface area contributed by atoms with Crippen LogP contribution in [0.15, 0.2) is 12.1 Å². The second-order valence-electron chi connectivity index (χ2n) is 2.35. The van der Waals surface area contributed by atoms with Gasteiger partial charge in [0.15, 0.2) is 0 Å². The van der Waals surface area contributed by atoms with Crippen LogP contribution in [0.5, 0.6) is 11.5 Å². The van der Waals surface area contributed by atoms with Gasteiger partial charge >= 0.3 is 6.61 Å². The molecule has 0 N–H and O–H groups in total. The van der Waals surface area contributed by atoms with E-state index < -0.39 is 13.5 Å². The molecule has 0 radical (unpaired) electrons. The van der Waals surface area contributed by atoms with Gasteiger partial charge in [-0.25, -0.2) is 4.39 Å². The molecule has 1 aromatic carbocycles. The van der Waals surface area contributed by atoms with Crippen molar-refractivity contribution >= 4 is 23.2 Å². The molecule has 0 aromatic heterocycles. The summed E-state index contributed by atoms with van der Waals surface area (Å²) in [4.78, 5) is 0. The maximum atomic E-state index is 11.9. The Morgan fingerprint density at radius 3 is 2.33 bits per heavy atom. The molecule has 84 valence electrons. The number of hydrogen-bond acceptors (Lipinski definition) is 2. The molecule has 0 saturated heterocycles. The van der Waals surface area contributed by atoms with Gasteiger partial charge in [0.2, 0.25) is 6.86 Å². The van der Waals surface area contributed by atoms with E-state index in [0.717, 1.165) is 6.07 Å². The topological polar surface area (TPSA) is 18.5 Å². The van der Waals surface area contributed by atoms with E-state index in [2.05, 4.69) is 9.47 Å². The summed E-state index contributed by atoms with van der Waals surface area (Å²) >= 11 is 11.2. The lowest BCUT2D eigenvalue weighted by atomic mass is 10.3. The first-order valence-corrected chi connectivity index (χ1v) is 4.42. The van der Waals surface area contributed by atoms with E-state index in [4.69, 9.17) is 23.2 Å². The van der Waals surface area contributed by atoms with Gasteiger partial charge in [-0.15, -0.1) is 0 Å². The molecule has 0 bridgehead atoms. The highest BCUT2D eigenvalue weighted by molar-refractivity contribution is 6.35.